The lowest BCUT2D eigenvalue weighted by Crippen LogP contribution is -2.29. The zero-order valence-electron chi connectivity index (χ0n) is 12.5. The van der Waals surface area contributed by atoms with Crippen LogP contribution in [0.2, 0.25) is 0 Å². The summed E-state index contributed by atoms with van der Waals surface area (Å²) in [7, 11) is 0. The highest BCUT2D eigenvalue weighted by Gasteiger charge is 2.34. The molecular weight excluding hydrogens is 216 g/mol. The molecular formula is C18H30. The summed E-state index contributed by atoms with van der Waals surface area (Å²) >= 11 is 0. The molecule has 102 valence electrons. The summed E-state index contributed by atoms with van der Waals surface area (Å²) in [6.45, 7) is 6.77. The van der Waals surface area contributed by atoms with E-state index in [1.165, 1.54) is 51.4 Å². The standard InChI is InChI=1S/C18H30/c1-4-14(5-2)11-18-13-17-10-8-7-9-16(17)12-15(18)6-3/h4,6,16-18H,5,7-13H2,1-3H3/b14-4-,15-6+/t16?,17?,18-/m0/s1. The monoisotopic (exact) mass is 246 g/mol. The lowest BCUT2D eigenvalue weighted by Gasteiger charge is -2.41. The fourth-order valence-electron chi connectivity index (χ4n) is 4.20. The van der Waals surface area contributed by atoms with E-state index in [0.717, 1.165) is 17.8 Å². The van der Waals surface area contributed by atoms with Gasteiger partial charge in [-0.2, -0.15) is 0 Å². The van der Waals surface area contributed by atoms with Gasteiger partial charge < -0.3 is 0 Å². The topological polar surface area (TPSA) is 0 Å². The first-order chi connectivity index (χ1) is 8.78. The van der Waals surface area contributed by atoms with Gasteiger partial charge in [0.05, 0.1) is 0 Å². The molecule has 0 saturated heterocycles. The fourth-order valence-corrected chi connectivity index (χ4v) is 4.20. The van der Waals surface area contributed by atoms with Crippen LogP contribution in [0.4, 0.5) is 0 Å². The van der Waals surface area contributed by atoms with Crippen molar-refractivity contribution < 1.29 is 0 Å². The third-order valence-corrected chi connectivity index (χ3v) is 5.42. The molecule has 2 aliphatic rings. The van der Waals surface area contributed by atoms with Crippen LogP contribution in [0, 0.1) is 17.8 Å². The van der Waals surface area contributed by atoms with Crippen LogP contribution >= 0.6 is 0 Å². The van der Waals surface area contributed by atoms with Crippen LogP contribution in [0.3, 0.4) is 0 Å². The van der Waals surface area contributed by atoms with Crippen molar-refractivity contribution in [1.29, 1.82) is 0 Å². The maximum Gasteiger partial charge on any atom is -0.0163 e. The van der Waals surface area contributed by atoms with Crippen LogP contribution in [-0.4, -0.2) is 0 Å². The second-order valence-corrected chi connectivity index (χ2v) is 6.31. The molecule has 0 bridgehead atoms. The molecule has 2 rings (SSSR count). The van der Waals surface area contributed by atoms with Crippen molar-refractivity contribution in [3.05, 3.63) is 23.3 Å². The first kappa shape index (κ1) is 13.9. The van der Waals surface area contributed by atoms with Gasteiger partial charge in [-0.3, -0.25) is 0 Å². The minimum Gasteiger partial charge on any atom is -0.0884 e. The van der Waals surface area contributed by atoms with Gasteiger partial charge >= 0.3 is 0 Å². The molecule has 0 heterocycles. The van der Waals surface area contributed by atoms with E-state index in [9.17, 15) is 0 Å². The molecule has 0 aromatic carbocycles. The molecule has 2 fully saturated rings. The average molecular weight is 246 g/mol. The Morgan fingerprint density at radius 2 is 1.89 bits per heavy atom. The molecule has 0 radical (unpaired) electrons. The van der Waals surface area contributed by atoms with E-state index >= 15 is 0 Å². The molecule has 0 aromatic heterocycles. The molecule has 0 nitrogen and oxygen atoms in total. The van der Waals surface area contributed by atoms with Gasteiger partial charge in [-0.1, -0.05) is 49.5 Å². The SMILES string of the molecule is C/C=C(/CC)C[C@H]1CC2CCCCC2C/C1=C\C. The van der Waals surface area contributed by atoms with Crippen LogP contribution in [-0.2, 0) is 0 Å². The molecule has 0 aliphatic heterocycles. The number of fused-ring (bicyclic) bond motifs is 1. The van der Waals surface area contributed by atoms with Gasteiger partial charge in [0.1, 0.15) is 0 Å². The Morgan fingerprint density at radius 3 is 2.50 bits per heavy atom. The van der Waals surface area contributed by atoms with Crippen molar-refractivity contribution in [3.8, 4) is 0 Å². The normalized spacial score (nSPS) is 35.6. The Kier molecular flexibility index (Phi) is 5.09. The highest BCUT2D eigenvalue weighted by Crippen LogP contribution is 2.46. The van der Waals surface area contributed by atoms with Crippen molar-refractivity contribution in [2.45, 2.75) is 72.1 Å². The van der Waals surface area contributed by atoms with Crippen LogP contribution in [0.1, 0.15) is 72.1 Å². The fraction of sp³-hybridized carbons (Fsp3) is 0.778. The molecule has 2 unspecified atom stereocenters. The molecule has 0 spiro atoms. The number of rotatable bonds is 3. The molecule has 0 heteroatoms. The van der Waals surface area contributed by atoms with Gasteiger partial charge in [0.15, 0.2) is 0 Å². The molecule has 2 aliphatic carbocycles. The third-order valence-electron chi connectivity index (χ3n) is 5.42. The minimum atomic E-state index is 0.862. The van der Waals surface area contributed by atoms with E-state index in [4.69, 9.17) is 0 Å². The van der Waals surface area contributed by atoms with Gasteiger partial charge in [-0.15, -0.1) is 0 Å². The van der Waals surface area contributed by atoms with Crippen molar-refractivity contribution in [3.63, 3.8) is 0 Å². The Labute approximate surface area is 114 Å². The lowest BCUT2D eigenvalue weighted by molar-refractivity contribution is 0.167. The highest BCUT2D eigenvalue weighted by atomic mass is 14.4. The summed E-state index contributed by atoms with van der Waals surface area (Å²) in [5, 5.41) is 0. The van der Waals surface area contributed by atoms with Gasteiger partial charge in [-0.05, 0) is 63.7 Å². The number of allylic oxidation sites excluding steroid dienone is 4. The number of hydrogen-bond acceptors (Lipinski definition) is 0. The van der Waals surface area contributed by atoms with Gasteiger partial charge in [0.2, 0.25) is 0 Å². The Morgan fingerprint density at radius 1 is 1.17 bits per heavy atom. The zero-order valence-corrected chi connectivity index (χ0v) is 12.5. The van der Waals surface area contributed by atoms with Crippen LogP contribution in [0.25, 0.3) is 0 Å². The Bertz CT molecular complexity index is 321. The molecule has 0 aromatic rings. The maximum absolute atomic E-state index is 2.43. The second kappa shape index (κ2) is 6.59. The molecule has 18 heavy (non-hydrogen) atoms. The molecule has 3 atom stereocenters. The summed E-state index contributed by atoms with van der Waals surface area (Å²) in [6, 6.07) is 0. The maximum atomic E-state index is 2.43. The quantitative estimate of drug-likeness (QED) is 0.544. The largest absolute Gasteiger partial charge is 0.0884 e. The second-order valence-electron chi connectivity index (χ2n) is 6.31. The van der Waals surface area contributed by atoms with Crippen molar-refractivity contribution in [2.24, 2.45) is 17.8 Å². The predicted octanol–water partition coefficient (Wildman–Crippen LogP) is 5.90. The van der Waals surface area contributed by atoms with Gasteiger partial charge in [-0.25, -0.2) is 0 Å². The third kappa shape index (κ3) is 3.08. The van der Waals surface area contributed by atoms with Crippen molar-refractivity contribution in [2.75, 3.05) is 0 Å². The van der Waals surface area contributed by atoms with Crippen LogP contribution < -0.4 is 0 Å². The van der Waals surface area contributed by atoms with Crippen LogP contribution in [0.15, 0.2) is 23.3 Å². The smallest absolute Gasteiger partial charge is 0.0163 e. The highest BCUT2D eigenvalue weighted by molar-refractivity contribution is 5.16. The zero-order chi connectivity index (χ0) is 13.0. The summed E-state index contributed by atoms with van der Waals surface area (Å²) in [5.74, 6) is 2.93. The van der Waals surface area contributed by atoms with Gasteiger partial charge in [0, 0.05) is 0 Å². The van der Waals surface area contributed by atoms with E-state index in [0.29, 0.717) is 0 Å². The molecule has 2 saturated carbocycles. The summed E-state index contributed by atoms with van der Waals surface area (Å²) in [4.78, 5) is 0. The predicted molar refractivity (Wildman–Crippen MR) is 80.6 cm³/mol. The van der Waals surface area contributed by atoms with Crippen LogP contribution in [0.5, 0.6) is 0 Å². The first-order valence-corrected chi connectivity index (χ1v) is 8.07. The molecule has 0 amide bonds. The summed E-state index contributed by atoms with van der Waals surface area (Å²) in [6.07, 6.45) is 16.2. The summed E-state index contributed by atoms with van der Waals surface area (Å²) < 4.78 is 0. The molecule has 0 N–H and O–H groups in total. The van der Waals surface area contributed by atoms with E-state index in [2.05, 4.69) is 32.9 Å². The van der Waals surface area contributed by atoms with Crippen molar-refractivity contribution >= 4 is 0 Å². The van der Waals surface area contributed by atoms with Gasteiger partial charge in [0.25, 0.3) is 0 Å². The van der Waals surface area contributed by atoms with E-state index in [1.54, 1.807) is 11.1 Å². The number of hydrogen-bond donors (Lipinski definition) is 0. The van der Waals surface area contributed by atoms with Crippen molar-refractivity contribution in [1.82, 2.24) is 0 Å². The van der Waals surface area contributed by atoms with E-state index in [1.807, 2.05) is 0 Å². The first-order valence-electron chi connectivity index (χ1n) is 8.07. The Balaban J connectivity index is 2.04. The van der Waals surface area contributed by atoms with E-state index in [-0.39, 0.29) is 0 Å². The lowest BCUT2D eigenvalue weighted by atomic mass is 9.64. The average Bonchev–Trinajstić information content (AvgIpc) is 2.43. The van der Waals surface area contributed by atoms with E-state index < -0.39 is 0 Å². The summed E-state index contributed by atoms with van der Waals surface area (Å²) in [5.41, 5.74) is 3.43. The Hall–Kier alpha value is -0.520. The minimum absolute atomic E-state index is 0.862.